The molecule has 1 saturated heterocycles. The Balaban J connectivity index is 2.40. The molecule has 1 aromatic rings. The molecule has 6 heteroatoms. The summed E-state index contributed by atoms with van der Waals surface area (Å²) in [4.78, 5) is 0.131. The smallest absolute Gasteiger partial charge is 0.243 e. The molecular formula is C14H21FN2O2S. The topological polar surface area (TPSA) is 63.4 Å². The Hall–Kier alpha value is -0.980. The molecule has 20 heavy (non-hydrogen) atoms. The van der Waals surface area contributed by atoms with Crippen molar-refractivity contribution in [2.75, 3.05) is 6.54 Å². The van der Waals surface area contributed by atoms with E-state index in [2.05, 4.69) is 0 Å². The molecule has 1 heterocycles. The number of nitrogens with zero attached hydrogens (tertiary/aromatic N) is 1. The molecule has 1 aliphatic rings. The van der Waals surface area contributed by atoms with Crippen LogP contribution in [0.4, 0.5) is 4.39 Å². The fourth-order valence-electron chi connectivity index (χ4n) is 2.73. The van der Waals surface area contributed by atoms with Crippen LogP contribution in [0.1, 0.15) is 32.3 Å². The normalized spacial score (nSPS) is 20.8. The van der Waals surface area contributed by atoms with Crippen molar-refractivity contribution in [3.05, 3.63) is 29.6 Å². The second kappa shape index (κ2) is 5.79. The molecule has 1 aromatic carbocycles. The van der Waals surface area contributed by atoms with E-state index in [4.69, 9.17) is 5.73 Å². The zero-order chi connectivity index (χ0) is 14.9. The van der Waals surface area contributed by atoms with Crippen LogP contribution in [0, 0.1) is 11.7 Å². The highest BCUT2D eigenvalue weighted by molar-refractivity contribution is 7.89. The Labute approximate surface area is 119 Å². The Kier molecular flexibility index (Phi) is 4.46. The lowest BCUT2D eigenvalue weighted by molar-refractivity contribution is 0.315. The van der Waals surface area contributed by atoms with Crippen molar-refractivity contribution in [2.45, 2.75) is 44.2 Å². The molecule has 1 unspecified atom stereocenters. The van der Waals surface area contributed by atoms with Gasteiger partial charge in [0.25, 0.3) is 0 Å². The molecule has 0 aromatic heterocycles. The number of hydrogen-bond donors (Lipinski definition) is 1. The van der Waals surface area contributed by atoms with Crippen LogP contribution in [-0.2, 0) is 16.6 Å². The van der Waals surface area contributed by atoms with Gasteiger partial charge in [0, 0.05) is 24.7 Å². The first-order valence-corrected chi connectivity index (χ1v) is 8.32. The van der Waals surface area contributed by atoms with Crippen molar-refractivity contribution in [2.24, 2.45) is 11.7 Å². The minimum absolute atomic E-state index is 0.0111. The van der Waals surface area contributed by atoms with Crippen molar-refractivity contribution in [3.8, 4) is 0 Å². The third kappa shape index (κ3) is 2.73. The third-order valence-electron chi connectivity index (χ3n) is 3.86. The summed E-state index contributed by atoms with van der Waals surface area (Å²) in [5.74, 6) is -0.199. The lowest BCUT2D eigenvalue weighted by atomic mass is 10.0. The standard InChI is InChI=1S/C14H21FN2O2S/c1-10(2)14-4-3-7-17(14)20(18,19)12-5-6-13(15)11(8-12)9-16/h5-6,8,10,14H,3-4,7,9,16H2,1-2H3. The number of rotatable bonds is 4. The summed E-state index contributed by atoms with van der Waals surface area (Å²) < 4.78 is 40.4. The SMILES string of the molecule is CC(C)C1CCCN1S(=O)(=O)c1ccc(F)c(CN)c1. The first-order chi connectivity index (χ1) is 9.37. The van der Waals surface area contributed by atoms with E-state index in [1.165, 1.54) is 18.2 Å². The summed E-state index contributed by atoms with van der Waals surface area (Å²) >= 11 is 0. The van der Waals surface area contributed by atoms with Gasteiger partial charge in [-0.25, -0.2) is 12.8 Å². The van der Waals surface area contributed by atoms with Gasteiger partial charge < -0.3 is 5.73 Å². The van der Waals surface area contributed by atoms with E-state index in [1.807, 2.05) is 13.8 Å². The number of halogens is 1. The van der Waals surface area contributed by atoms with Crippen molar-refractivity contribution in [1.82, 2.24) is 4.31 Å². The predicted octanol–water partition coefficient (Wildman–Crippen LogP) is 2.09. The number of hydrogen-bond acceptors (Lipinski definition) is 3. The molecule has 0 bridgehead atoms. The van der Waals surface area contributed by atoms with Crippen LogP contribution in [0.3, 0.4) is 0 Å². The van der Waals surface area contributed by atoms with Crippen LogP contribution >= 0.6 is 0 Å². The van der Waals surface area contributed by atoms with Gasteiger partial charge in [-0.2, -0.15) is 4.31 Å². The van der Waals surface area contributed by atoms with Gasteiger partial charge in [0.15, 0.2) is 0 Å². The van der Waals surface area contributed by atoms with E-state index in [9.17, 15) is 12.8 Å². The van der Waals surface area contributed by atoms with Gasteiger partial charge in [-0.15, -0.1) is 0 Å². The Bertz CT molecular complexity index is 587. The van der Waals surface area contributed by atoms with Crippen LogP contribution in [0.15, 0.2) is 23.1 Å². The van der Waals surface area contributed by atoms with E-state index in [0.717, 1.165) is 12.8 Å². The molecule has 112 valence electrons. The molecule has 0 amide bonds. The highest BCUT2D eigenvalue weighted by Gasteiger charge is 2.36. The fraction of sp³-hybridized carbons (Fsp3) is 0.571. The monoisotopic (exact) mass is 300 g/mol. The average Bonchev–Trinajstić information content (AvgIpc) is 2.89. The maximum Gasteiger partial charge on any atom is 0.243 e. The summed E-state index contributed by atoms with van der Waals surface area (Å²) in [6.45, 7) is 4.56. The summed E-state index contributed by atoms with van der Waals surface area (Å²) in [6, 6.07) is 3.86. The van der Waals surface area contributed by atoms with E-state index in [1.54, 1.807) is 4.31 Å². The quantitative estimate of drug-likeness (QED) is 0.926. The van der Waals surface area contributed by atoms with Gasteiger partial charge in [-0.05, 0) is 37.0 Å². The van der Waals surface area contributed by atoms with Crippen molar-refractivity contribution < 1.29 is 12.8 Å². The van der Waals surface area contributed by atoms with Crippen LogP contribution in [-0.4, -0.2) is 25.3 Å². The molecule has 2 N–H and O–H groups in total. The molecule has 2 rings (SSSR count). The fourth-order valence-corrected chi connectivity index (χ4v) is 4.61. The first-order valence-electron chi connectivity index (χ1n) is 6.88. The van der Waals surface area contributed by atoms with Gasteiger partial charge >= 0.3 is 0 Å². The Morgan fingerprint density at radius 2 is 2.15 bits per heavy atom. The summed E-state index contributed by atoms with van der Waals surface area (Å²) in [5.41, 5.74) is 5.67. The second-order valence-electron chi connectivity index (χ2n) is 5.53. The highest BCUT2D eigenvalue weighted by atomic mass is 32.2. The van der Waals surface area contributed by atoms with Crippen LogP contribution in [0.25, 0.3) is 0 Å². The summed E-state index contributed by atoms with van der Waals surface area (Å²) in [6.07, 6.45) is 1.74. The molecule has 4 nitrogen and oxygen atoms in total. The zero-order valence-electron chi connectivity index (χ0n) is 11.8. The minimum Gasteiger partial charge on any atom is -0.326 e. The van der Waals surface area contributed by atoms with Gasteiger partial charge in [0.2, 0.25) is 10.0 Å². The molecule has 0 spiro atoms. The largest absolute Gasteiger partial charge is 0.326 e. The Morgan fingerprint density at radius 1 is 1.45 bits per heavy atom. The van der Waals surface area contributed by atoms with E-state index in [-0.39, 0.29) is 29.0 Å². The highest BCUT2D eigenvalue weighted by Crippen LogP contribution is 2.30. The van der Waals surface area contributed by atoms with E-state index in [0.29, 0.717) is 6.54 Å². The summed E-state index contributed by atoms with van der Waals surface area (Å²) in [7, 11) is -3.57. The van der Waals surface area contributed by atoms with Crippen molar-refractivity contribution in [1.29, 1.82) is 0 Å². The molecule has 0 saturated carbocycles. The van der Waals surface area contributed by atoms with Gasteiger partial charge in [0.1, 0.15) is 5.82 Å². The molecule has 0 aliphatic carbocycles. The maximum atomic E-state index is 13.5. The van der Waals surface area contributed by atoms with Crippen molar-refractivity contribution in [3.63, 3.8) is 0 Å². The minimum atomic E-state index is -3.57. The molecule has 0 radical (unpaired) electrons. The average molecular weight is 300 g/mol. The Morgan fingerprint density at radius 3 is 2.75 bits per heavy atom. The van der Waals surface area contributed by atoms with Crippen LogP contribution < -0.4 is 5.73 Å². The first kappa shape index (κ1) is 15.4. The van der Waals surface area contributed by atoms with E-state index >= 15 is 0 Å². The number of benzene rings is 1. The lowest BCUT2D eigenvalue weighted by Crippen LogP contribution is -2.38. The van der Waals surface area contributed by atoms with Gasteiger partial charge in [0.05, 0.1) is 4.90 Å². The summed E-state index contributed by atoms with van der Waals surface area (Å²) in [5, 5.41) is 0. The third-order valence-corrected chi connectivity index (χ3v) is 5.78. The zero-order valence-corrected chi connectivity index (χ0v) is 12.7. The maximum absolute atomic E-state index is 13.5. The molecule has 1 fully saturated rings. The van der Waals surface area contributed by atoms with E-state index < -0.39 is 15.8 Å². The van der Waals surface area contributed by atoms with Crippen LogP contribution in [0.2, 0.25) is 0 Å². The van der Waals surface area contributed by atoms with Crippen LogP contribution in [0.5, 0.6) is 0 Å². The molecular weight excluding hydrogens is 279 g/mol. The van der Waals surface area contributed by atoms with Gasteiger partial charge in [-0.3, -0.25) is 0 Å². The van der Waals surface area contributed by atoms with Gasteiger partial charge in [-0.1, -0.05) is 13.8 Å². The molecule has 1 aliphatic heterocycles. The molecule has 1 atom stereocenters. The van der Waals surface area contributed by atoms with Crippen molar-refractivity contribution >= 4 is 10.0 Å². The number of sulfonamides is 1. The second-order valence-corrected chi connectivity index (χ2v) is 7.42. The predicted molar refractivity (Wildman–Crippen MR) is 76.0 cm³/mol. The number of nitrogens with two attached hydrogens (primary N) is 1. The lowest BCUT2D eigenvalue weighted by Gasteiger charge is -2.27.